The molecule has 0 saturated carbocycles. The molecule has 0 spiro atoms. The number of nitriles is 1. The molecule has 72 valence electrons. The molecule has 0 aliphatic heterocycles. The van der Waals surface area contributed by atoms with Gasteiger partial charge < -0.3 is 4.74 Å². The highest BCUT2D eigenvalue weighted by Crippen LogP contribution is 2.20. The van der Waals surface area contributed by atoms with Crippen molar-refractivity contribution in [1.29, 1.82) is 5.26 Å². The summed E-state index contributed by atoms with van der Waals surface area (Å²) in [6.07, 6.45) is 0. The third-order valence-electron chi connectivity index (χ3n) is 1.61. The van der Waals surface area contributed by atoms with Crippen molar-refractivity contribution < 1.29 is 13.9 Å². The minimum Gasteiger partial charge on any atom is -0.465 e. The van der Waals surface area contributed by atoms with E-state index in [1.807, 2.05) is 0 Å². The number of carbonyl (C=O) groups is 1. The first-order valence-corrected chi connectivity index (χ1v) is 4.66. The van der Waals surface area contributed by atoms with E-state index in [1.54, 1.807) is 28.7 Å². The van der Waals surface area contributed by atoms with E-state index in [-0.39, 0.29) is 14.7 Å². The Balaban J connectivity index is 3.40. The lowest BCUT2D eigenvalue weighted by atomic mass is 10.1. The van der Waals surface area contributed by atoms with Gasteiger partial charge in [0.2, 0.25) is 0 Å². The second kappa shape index (κ2) is 4.37. The van der Waals surface area contributed by atoms with Gasteiger partial charge in [0.25, 0.3) is 0 Å². The highest BCUT2D eigenvalue weighted by Gasteiger charge is 2.16. The molecule has 0 aliphatic carbocycles. The summed E-state index contributed by atoms with van der Waals surface area (Å²) in [5.41, 5.74) is 0.0956. The van der Waals surface area contributed by atoms with Crippen LogP contribution in [0.2, 0.25) is 0 Å². The zero-order chi connectivity index (χ0) is 10.7. The van der Waals surface area contributed by atoms with Crippen LogP contribution in [-0.2, 0) is 4.74 Å². The molecule has 0 radical (unpaired) electrons. The Hall–Kier alpha value is -1.16. The third kappa shape index (κ3) is 1.85. The van der Waals surface area contributed by atoms with Gasteiger partial charge in [0.15, 0.2) is 0 Å². The summed E-state index contributed by atoms with van der Waals surface area (Å²) in [7, 11) is 1.21. The van der Waals surface area contributed by atoms with Crippen molar-refractivity contribution in [3.63, 3.8) is 0 Å². The molecule has 0 aliphatic rings. The Morgan fingerprint density at radius 3 is 2.79 bits per heavy atom. The molecular formula is C9H5FINO2. The molecule has 0 amide bonds. The van der Waals surface area contributed by atoms with Crippen LogP contribution in [0.4, 0.5) is 4.39 Å². The topological polar surface area (TPSA) is 50.1 Å². The summed E-state index contributed by atoms with van der Waals surface area (Å²) in [5.74, 6) is -1.16. The number of ether oxygens (including phenoxy) is 1. The van der Waals surface area contributed by atoms with Gasteiger partial charge in [-0.25, -0.2) is 9.18 Å². The van der Waals surface area contributed by atoms with Gasteiger partial charge in [0.1, 0.15) is 11.9 Å². The summed E-state index contributed by atoms with van der Waals surface area (Å²) in [6.45, 7) is 0. The first kappa shape index (κ1) is 10.9. The summed E-state index contributed by atoms with van der Waals surface area (Å²) in [6, 6.07) is 4.14. The zero-order valence-electron chi connectivity index (χ0n) is 7.17. The molecule has 0 unspecified atom stereocenters. The van der Waals surface area contributed by atoms with E-state index in [2.05, 4.69) is 4.74 Å². The lowest BCUT2D eigenvalue weighted by Crippen LogP contribution is -2.06. The van der Waals surface area contributed by atoms with Crippen LogP contribution in [0.5, 0.6) is 0 Å². The van der Waals surface area contributed by atoms with E-state index in [4.69, 9.17) is 5.26 Å². The summed E-state index contributed by atoms with van der Waals surface area (Å²) >= 11 is 1.67. The third-order valence-corrected chi connectivity index (χ3v) is 2.67. The van der Waals surface area contributed by atoms with Crippen LogP contribution in [-0.4, -0.2) is 13.1 Å². The second-order valence-electron chi connectivity index (χ2n) is 2.39. The fourth-order valence-corrected chi connectivity index (χ4v) is 1.53. The predicted octanol–water partition coefficient (Wildman–Crippen LogP) is 2.09. The Morgan fingerprint density at radius 2 is 2.29 bits per heavy atom. The van der Waals surface area contributed by atoms with Crippen molar-refractivity contribution in [2.24, 2.45) is 0 Å². The van der Waals surface area contributed by atoms with Crippen molar-refractivity contribution in [1.82, 2.24) is 0 Å². The number of hydrogen-bond donors (Lipinski definition) is 0. The van der Waals surface area contributed by atoms with Gasteiger partial charge in [-0.15, -0.1) is 0 Å². The Bertz CT molecular complexity index is 426. The molecule has 0 saturated heterocycles. The van der Waals surface area contributed by atoms with Gasteiger partial charge in [-0.3, -0.25) is 0 Å². The first-order chi connectivity index (χ1) is 6.61. The molecular weight excluding hydrogens is 300 g/mol. The monoisotopic (exact) mass is 305 g/mol. The number of hydrogen-bond acceptors (Lipinski definition) is 3. The van der Waals surface area contributed by atoms with Crippen LogP contribution >= 0.6 is 22.6 Å². The molecule has 0 heterocycles. The normalized spacial score (nSPS) is 9.29. The van der Waals surface area contributed by atoms with E-state index >= 15 is 0 Å². The zero-order valence-corrected chi connectivity index (χ0v) is 9.33. The molecule has 1 rings (SSSR count). The molecule has 0 fully saturated rings. The Morgan fingerprint density at radius 1 is 1.64 bits per heavy atom. The van der Waals surface area contributed by atoms with Crippen LogP contribution in [0.1, 0.15) is 15.9 Å². The Labute approximate surface area is 93.6 Å². The molecule has 0 N–H and O–H groups in total. The number of carbonyl (C=O) groups excluding carboxylic acids is 1. The van der Waals surface area contributed by atoms with Crippen molar-refractivity contribution in [2.45, 2.75) is 0 Å². The predicted molar refractivity (Wildman–Crippen MR) is 55.2 cm³/mol. The fraction of sp³-hybridized carbons (Fsp3) is 0.111. The number of nitrogens with zero attached hydrogens (tertiary/aromatic N) is 1. The van der Waals surface area contributed by atoms with Crippen molar-refractivity contribution in [3.05, 3.63) is 32.6 Å². The van der Waals surface area contributed by atoms with E-state index in [0.29, 0.717) is 0 Å². The van der Waals surface area contributed by atoms with Gasteiger partial charge in [-0.1, -0.05) is 0 Å². The fourth-order valence-electron chi connectivity index (χ4n) is 0.940. The number of esters is 1. The Kier molecular flexibility index (Phi) is 3.41. The summed E-state index contributed by atoms with van der Waals surface area (Å²) in [4.78, 5) is 11.2. The van der Waals surface area contributed by atoms with Crippen LogP contribution in [0.3, 0.4) is 0 Å². The van der Waals surface area contributed by atoms with Crippen molar-refractivity contribution in [2.75, 3.05) is 7.11 Å². The minimum atomic E-state index is -0.639. The minimum absolute atomic E-state index is 0.0115. The molecule has 3 nitrogen and oxygen atoms in total. The smallest absolute Gasteiger partial charge is 0.339 e. The number of benzene rings is 1. The molecule has 14 heavy (non-hydrogen) atoms. The lowest BCUT2D eigenvalue weighted by Gasteiger charge is -2.03. The largest absolute Gasteiger partial charge is 0.465 e. The van der Waals surface area contributed by atoms with E-state index in [1.165, 1.54) is 13.2 Å². The van der Waals surface area contributed by atoms with E-state index < -0.39 is 11.8 Å². The highest BCUT2D eigenvalue weighted by atomic mass is 127. The second-order valence-corrected chi connectivity index (χ2v) is 3.47. The SMILES string of the molecule is COC(=O)c1ccc(F)c(I)c1C#N. The highest BCUT2D eigenvalue weighted by molar-refractivity contribution is 14.1. The summed E-state index contributed by atoms with van der Waals surface area (Å²) in [5, 5.41) is 8.74. The van der Waals surface area contributed by atoms with Gasteiger partial charge >= 0.3 is 5.97 Å². The van der Waals surface area contributed by atoms with Crippen molar-refractivity contribution >= 4 is 28.6 Å². The van der Waals surface area contributed by atoms with Crippen molar-refractivity contribution in [3.8, 4) is 6.07 Å². The van der Waals surface area contributed by atoms with Crippen LogP contribution in [0, 0.1) is 20.7 Å². The molecule has 0 aromatic heterocycles. The van der Waals surface area contributed by atoms with Gasteiger partial charge in [0, 0.05) is 0 Å². The number of rotatable bonds is 1. The van der Waals surface area contributed by atoms with Gasteiger partial charge in [0.05, 0.1) is 21.8 Å². The van der Waals surface area contributed by atoms with E-state index in [9.17, 15) is 9.18 Å². The summed E-state index contributed by atoms with van der Waals surface area (Å²) < 4.78 is 17.6. The molecule has 0 bridgehead atoms. The van der Waals surface area contributed by atoms with Crippen LogP contribution in [0.25, 0.3) is 0 Å². The lowest BCUT2D eigenvalue weighted by molar-refractivity contribution is 0.0600. The maximum absolute atomic E-state index is 13.0. The quantitative estimate of drug-likeness (QED) is 0.590. The van der Waals surface area contributed by atoms with Gasteiger partial charge in [-0.2, -0.15) is 5.26 Å². The number of halogens is 2. The molecule has 5 heteroatoms. The standard InChI is InChI=1S/C9H5FINO2/c1-14-9(13)5-2-3-7(10)8(11)6(5)4-12/h2-3H,1H3. The average Bonchev–Trinajstić information content (AvgIpc) is 2.20. The molecule has 1 aromatic carbocycles. The van der Waals surface area contributed by atoms with Crippen LogP contribution in [0.15, 0.2) is 12.1 Å². The average molecular weight is 305 g/mol. The van der Waals surface area contributed by atoms with Gasteiger partial charge in [-0.05, 0) is 34.7 Å². The maximum atomic E-state index is 13.0. The van der Waals surface area contributed by atoms with Crippen LogP contribution < -0.4 is 0 Å². The molecule has 0 atom stereocenters. The first-order valence-electron chi connectivity index (χ1n) is 3.58. The number of methoxy groups -OCH3 is 1. The van der Waals surface area contributed by atoms with E-state index in [0.717, 1.165) is 6.07 Å². The molecule has 1 aromatic rings. The maximum Gasteiger partial charge on any atom is 0.339 e.